The number of hydrogen-bond donors (Lipinski definition) is 3. The predicted octanol–water partition coefficient (Wildman–Crippen LogP) is 6.08. The Morgan fingerprint density at radius 1 is 1.00 bits per heavy atom. The highest BCUT2D eigenvalue weighted by molar-refractivity contribution is 6.15. The van der Waals surface area contributed by atoms with Gasteiger partial charge < -0.3 is 10.5 Å². The first-order chi connectivity index (χ1) is 18.5. The van der Waals surface area contributed by atoms with Crippen LogP contribution in [-0.2, 0) is 6.42 Å². The van der Waals surface area contributed by atoms with Crippen LogP contribution in [0.2, 0.25) is 0 Å². The molecule has 0 amide bonds. The predicted molar refractivity (Wildman–Crippen MR) is 155 cm³/mol. The largest absolute Gasteiger partial charge is 0.492 e. The zero-order valence-electron chi connectivity index (χ0n) is 22.5. The van der Waals surface area contributed by atoms with Gasteiger partial charge in [0.2, 0.25) is 0 Å². The molecule has 0 unspecified atom stereocenters. The van der Waals surface area contributed by atoms with Crippen LogP contribution in [0, 0.1) is 11.3 Å². The van der Waals surface area contributed by atoms with Gasteiger partial charge in [-0.15, -0.1) is 0 Å². The van der Waals surface area contributed by atoms with E-state index in [9.17, 15) is 0 Å². The second kappa shape index (κ2) is 11.8. The monoisotopic (exact) mass is 510 g/mol. The van der Waals surface area contributed by atoms with Crippen molar-refractivity contribution in [2.24, 2.45) is 5.92 Å². The van der Waals surface area contributed by atoms with Crippen LogP contribution >= 0.6 is 0 Å². The molecule has 1 aliphatic rings. The summed E-state index contributed by atoms with van der Waals surface area (Å²) < 4.78 is 6.08. The van der Waals surface area contributed by atoms with Crippen molar-refractivity contribution in [3.8, 4) is 17.1 Å². The fourth-order valence-corrected chi connectivity index (χ4v) is 5.09. The Bertz CT molecular complexity index is 1400. The Kier molecular flexibility index (Phi) is 8.03. The summed E-state index contributed by atoms with van der Waals surface area (Å²) in [5, 5.41) is 18.5. The van der Waals surface area contributed by atoms with E-state index in [1.807, 2.05) is 42.5 Å². The van der Waals surface area contributed by atoms with Crippen molar-refractivity contribution in [1.29, 1.82) is 5.41 Å². The number of nitrogens with one attached hydrogen (secondary N) is 2. The highest BCUT2D eigenvalue weighted by Gasteiger charge is 2.14. The van der Waals surface area contributed by atoms with Crippen molar-refractivity contribution in [2.45, 2.75) is 46.0 Å². The van der Waals surface area contributed by atoms with E-state index in [0.29, 0.717) is 35.3 Å². The lowest BCUT2D eigenvalue weighted by Crippen LogP contribution is -2.29. The van der Waals surface area contributed by atoms with Gasteiger partial charge in [-0.2, -0.15) is 5.10 Å². The molecule has 1 aliphatic heterocycles. The topological polar surface area (TPSA) is 104 Å². The Balaban J connectivity index is 1.29. The number of likely N-dealkylation sites (tertiary alicyclic amines) is 1. The van der Waals surface area contributed by atoms with Crippen molar-refractivity contribution < 1.29 is 4.74 Å². The lowest BCUT2D eigenvalue weighted by Gasteiger charge is -2.19. The van der Waals surface area contributed by atoms with Crippen molar-refractivity contribution >= 4 is 22.2 Å². The van der Waals surface area contributed by atoms with Crippen LogP contribution in [-0.4, -0.2) is 52.0 Å². The average molecular weight is 511 g/mol. The third-order valence-electron chi connectivity index (χ3n) is 7.19. The standard InChI is InChI=1S/C31H38N6O/c1-21(2)17-29-34-31(36-35-29)25-10-12-28(32)27(20-25)30(33)24-8-7-23-19-26(11-9-22(23)18-24)38-16-15-37-13-5-3-4-6-14-37/h7-12,18-21,33H,3-6,13-17,32H2,1-2H3,(H,34,35,36). The van der Waals surface area contributed by atoms with Crippen molar-refractivity contribution in [3.05, 3.63) is 71.5 Å². The summed E-state index contributed by atoms with van der Waals surface area (Å²) in [6, 6.07) is 17.9. The molecule has 3 aromatic carbocycles. The minimum atomic E-state index is 0.377. The zero-order valence-corrected chi connectivity index (χ0v) is 22.5. The van der Waals surface area contributed by atoms with Crippen LogP contribution in [0.4, 0.5) is 5.69 Å². The molecule has 1 fully saturated rings. The van der Waals surface area contributed by atoms with Crippen LogP contribution in [0.15, 0.2) is 54.6 Å². The molecule has 0 aliphatic carbocycles. The summed E-state index contributed by atoms with van der Waals surface area (Å²) >= 11 is 0. The average Bonchev–Trinajstić information content (AvgIpc) is 3.21. The van der Waals surface area contributed by atoms with Gasteiger partial charge in [0.15, 0.2) is 5.82 Å². The summed E-state index contributed by atoms with van der Waals surface area (Å²) in [7, 11) is 0. The number of rotatable bonds is 9. The van der Waals surface area contributed by atoms with Gasteiger partial charge in [-0.25, -0.2) is 4.98 Å². The molecular formula is C31H38N6O. The van der Waals surface area contributed by atoms with Crippen molar-refractivity contribution in [2.75, 3.05) is 32.0 Å². The van der Waals surface area contributed by atoms with E-state index in [-0.39, 0.29) is 0 Å². The van der Waals surface area contributed by atoms with E-state index >= 15 is 0 Å². The zero-order chi connectivity index (χ0) is 26.5. The molecule has 0 spiro atoms. The summed E-state index contributed by atoms with van der Waals surface area (Å²) in [4.78, 5) is 7.15. The van der Waals surface area contributed by atoms with Gasteiger partial charge in [0, 0.05) is 35.3 Å². The van der Waals surface area contributed by atoms with Crippen LogP contribution in [0.1, 0.15) is 56.5 Å². The third-order valence-corrected chi connectivity index (χ3v) is 7.19. The maximum Gasteiger partial charge on any atom is 0.181 e. The number of hydrogen-bond acceptors (Lipinski definition) is 6. The lowest BCUT2D eigenvalue weighted by atomic mass is 9.96. The number of nitrogens with two attached hydrogens (primary N) is 1. The maximum atomic E-state index is 8.93. The smallest absolute Gasteiger partial charge is 0.181 e. The Labute approximate surface area is 224 Å². The molecule has 198 valence electrons. The van der Waals surface area contributed by atoms with Gasteiger partial charge in [-0.05, 0) is 79.0 Å². The number of anilines is 1. The minimum Gasteiger partial charge on any atom is -0.492 e. The Hall–Kier alpha value is -3.71. The van der Waals surface area contributed by atoms with Gasteiger partial charge in [-0.1, -0.05) is 44.9 Å². The number of aromatic amines is 1. The number of benzene rings is 3. The summed E-state index contributed by atoms with van der Waals surface area (Å²) in [6.45, 7) is 8.34. The summed E-state index contributed by atoms with van der Waals surface area (Å²) in [5.74, 6) is 2.86. The molecule has 7 nitrogen and oxygen atoms in total. The van der Waals surface area contributed by atoms with Gasteiger partial charge in [-0.3, -0.25) is 15.4 Å². The van der Waals surface area contributed by atoms with Crippen molar-refractivity contribution in [1.82, 2.24) is 20.1 Å². The second-order valence-corrected chi connectivity index (χ2v) is 10.7. The molecule has 0 atom stereocenters. The normalized spacial score (nSPS) is 14.6. The number of H-pyrrole nitrogens is 1. The van der Waals surface area contributed by atoms with E-state index in [1.165, 1.54) is 38.8 Å². The summed E-state index contributed by atoms with van der Waals surface area (Å²) in [6.07, 6.45) is 6.12. The first kappa shape index (κ1) is 25.9. The van der Waals surface area contributed by atoms with Crippen molar-refractivity contribution in [3.63, 3.8) is 0 Å². The first-order valence-corrected chi connectivity index (χ1v) is 13.8. The fraction of sp³-hybridized carbons (Fsp3) is 0.387. The van der Waals surface area contributed by atoms with E-state index in [2.05, 4.69) is 46.1 Å². The van der Waals surface area contributed by atoms with Gasteiger partial charge in [0.1, 0.15) is 18.2 Å². The maximum absolute atomic E-state index is 8.93. The molecule has 5 rings (SSSR count). The Morgan fingerprint density at radius 2 is 1.76 bits per heavy atom. The van der Waals surface area contributed by atoms with E-state index in [1.54, 1.807) is 0 Å². The molecular weight excluding hydrogens is 472 g/mol. The minimum absolute atomic E-state index is 0.377. The fourth-order valence-electron chi connectivity index (χ4n) is 5.09. The Morgan fingerprint density at radius 3 is 2.55 bits per heavy atom. The highest BCUT2D eigenvalue weighted by atomic mass is 16.5. The first-order valence-electron chi connectivity index (χ1n) is 13.8. The highest BCUT2D eigenvalue weighted by Crippen LogP contribution is 2.27. The quantitative estimate of drug-likeness (QED) is 0.187. The number of nitrogens with zero attached hydrogens (tertiary/aromatic N) is 3. The summed E-state index contributed by atoms with van der Waals surface area (Å²) in [5.41, 5.74) is 9.57. The molecule has 1 saturated heterocycles. The van der Waals surface area contributed by atoms with Gasteiger partial charge in [0.05, 0.1) is 5.71 Å². The van der Waals surface area contributed by atoms with Gasteiger partial charge in [0.25, 0.3) is 0 Å². The molecule has 4 N–H and O–H groups in total. The molecule has 4 aromatic rings. The van der Waals surface area contributed by atoms with E-state index in [0.717, 1.165) is 46.4 Å². The van der Waals surface area contributed by atoms with Crippen LogP contribution in [0.3, 0.4) is 0 Å². The second-order valence-electron chi connectivity index (χ2n) is 10.7. The van der Waals surface area contributed by atoms with Crippen LogP contribution < -0.4 is 10.5 Å². The molecule has 1 aromatic heterocycles. The third kappa shape index (κ3) is 6.22. The van der Waals surface area contributed by atoms with Crippen LogP contribution in [0.5, 0.6) is 5.75 Å². The molecule has 2 heterocycles. The SMILES string of the molecule is CC(C)Cc1nc(-c2ccc(N)c(C(=N)c3ccc4cc(OCCN5CCCCCC5)ccc4c3)c2)n[nH]1. The molecule has 7 heteroatoms. The number of aromatic nitrogens is 3. The van der Waals surface area contributed by atoms with Gasteiger partial charge >= 0.3 is 0 Å². The number of ether oxygens (including phenoxy) is 1. The molecule has 0 bridgehead atoms. The molecule has 0 saturated carbocycles. The number of fused-ring (bicyclic) bond motifs is 1. The molecule has 0 radical (unpaired) electrons. The van der Waals surface area contributed by atoms with E-state index in [4.69, 9.17) is 15.9 Å². The molecule has 38 heavy (non-hydrogen) atoms. The van der Waals surface area contributed by atoms with Crippen LogP contribution in [0.25, 0.3) is 22.2 Å². The number of nitrogen functional groups attached to an aromatic ring is 1. The lowest BCUT2D eigenvalue weighted by molar-refractivity contribution is 0.214. The van der Waals surface area contributed by atoms with E-state index < -0.39 is 0 Å².